The first-order valence-corrected chi connectivity index (χ1v) is 9.28. The molecular weight excluding hydrogens is 328 g/mol. The summed E-state index contributed by atoms with van der Waals surface area (Å²) in [5, 5.41) is 5.08. The van der Waals surface area contributed by atoms with Gasteiger partial charge in [0.25, 0.3) is 10.0 Å². The van der Waals surface area contributed by atoms with Crippen LogP contribution in [-0.4, -0.2) is 36.0 Å². The van der Waals surface area contributed by atoms with Gasteiger partial charge in [0.1, 0.15) is 5.03 Å². The van der Waals surface area contributed by atoms with Gasteiger partial charge in [-0.2, -0.15) is 4.31 Å². The lowest BCUT2D eigenvalue weighted by atomic mass is 9.95. The van der Waals surface area contributed by atoms with Crippen molar-refractivity contribution in [2.75, 3.05) is 18.8 Å². The van der Waals surface area contributed by atoms with Gasteiger partial charge >= 0.3 is 0 Å². The van der Waals surface area contributed by atoms with Crippen LogP contribution in [0.4, 0.5) is 5.88 Å². The molecular formula is C16H18N4O3S. The molecule has 0 unspecified atom stereocenters. The number of nitrogens with one attached hydrogen (secondary N) is 1. The lowest BCUT2D eigenvalue weighted by Crippen LogP contribution is -2.38. The monoisotopic (exact) mass is 346 g/mol. The fourth-order valence-electron chi connectivity index (χ4n) is 3.21. The minimum atomic E-state index is -3.52. The van der Waals surface area contributed by atoms with Gasteiger partial charge in [-0.15, -0.1) is 0 Å². The van der Waals surface area contributed by atoms with Crippen molar-refractivity contribution in [3.8, 4) is 0 Å². The predicted octanol–water partition coefficient (Wildman–Crippen LogP) is 2.31. The van der Waals surface area contributed by atoms with E-state index in [1.807, 2.05) is 24.3 Å². The van der Waals surface area contributed by atoms with E-state index >= 15 is 0 Å². The van der Waals surface area contributed by atoms with Crippen LogP contribution in [0.2, 0.25) is 0 Å². The molecule has 1 fully saturated rings. The van der Waals surface area contributed by atoms with Gasteiger partial charge in [0, 0.05) is 36.0 Å². The van der Waals surface area contributed by atoms with Crippen molar-refractivity contribution in [2.45, 2.75) is 23.8 Å². The number of aromatic nitrogens is 2. The van der Waals surface area contributed by atoms with Crippen LogP contribution in [0.5, 0.6) is 0 Å². The number of rotatable bonds is 3. The Labute approximate surface area is 139 Å². The SMILES string of the molecule is Nc1cc(C2CCN(S(=O)(=O)c3cc4ccccc4[nH]3)CC2)no1. The number of fused-ring (bicyclic) bond motifs is 1. The summed E-state index contributed by atoms with van der Waals surface area (Å²) in [6.07, 6.45) is 1.40. The molecule has 0 amide bonds. The summed E-state index contributed by atoms with van der Waals surface area (Å²) in [5.74, 6) is 0.471. The highest BCUT2D eigenvalue weighted by Crippen LogP contribution is 2.31. The maximum absolute atomic E-state index is 12.8. The van der Waals surface area contributed by atoms with Crippen molar-refractivity contribution >= 4 is 26.8 Å². The van der Waals surface area contributed by atoms with Crippen molar-refractivity contribution in [3.63, 3.8) is 0 Å². The van der Waals surface area contributed by atoms with Gasteiger partial charge in [0.05, 0.1) is 5.69 Å². The van der Waals surface area contributed by atoms with Crippen molar-refractivity contribution < 1.29 is 12.9 Å². The number of hydrogen-bond acceptors (Lipinski definition) is 5. The summed E-state index contributed by atoms with van der Waals surface area (Å²) >= 11 is 0. The number of para-hydroxylation sites is 1. The maximum atomic E-state index is 12.8. The summed E-state index contributed by atoms with van der Waals surface area (Å²) < 4.78 is 32.1. The molecule has 0 bridgehead atoms. The first-order valence-electron chi connectivity index (χ1n) is 7.84. The maximum Gasteiger partial charge on any atom is 0.258 e. The molecule has 24 heavy (non-hydrogen) atoms. The lowest BCUT2D eigenvalue weighted by molar-refractivity contribution is 0.308. The van der Waals surface area contributed by atoms with Crippen LogP contribution in [0.25, 0.3) is 10.9 Å². The minimum Gasteiger partial charge on any atom is -0.368 e. The molecule has 3 heterocycles. The van der Waals surface area contributed by atoms with E-state index in [0.717, 1.165) is 16.6 Å². The number of nitrogens with zero attached hydrogens (tertiary/aromatic N) is 2. The molecule has 8 heteroatoms. The topological polar surface area (TPSA) is 105 Å². The van der Waals surface area contributed by atoms with E-state index in [1.54, 1.807) is 12.1 Å². The number of hydrogen-bond donors (Lipinski definition) is 2. The first-order chi connectivity index (χ1) is 11.5. The fraction of sp³-hybridized carbons (Fsp3) is 0.312. The predicted molar refractivity (Wildman–Crippen MR) is 89.9 cm³/mol. The quantitative estimate of drug-likeness (QED) is 0.757. The zero-order chi connectivity index (χ0) is 16.7. The van der Waals surface area contributed by atoms with Crippen LogP contribution in [0.1, 0.15) is 24.5 Å². The molecule has 1 saturated heterocycles. The van der Waals surface area contributed by atoms with Crippen LogP contribution in [0, 0.1) is 0 Å². The molecule has 126 valence electrons. The zero-order valence-electron chi connectivity index (χ0n) is 13.0. The summed E-state index contributed by atoms with van der Waals surface area (Å²) in [5.41, 5.74) is 7.18. The summed E-state index contributed by atoms with van der Waals surface area (Å²) in [6, 6.07) is 10.9. The van der Waals surface area contributed by atoms with Crippen LogP contribution in [-0.2, 0) is 10.0 Å². The van der Waals surface area contributed by atoms with Gasteiger partial charge < -0.3 is 15.2 Å². The van der Waals surface area contributed by atoms with Crippen LogP contribution in [0.15, 0.2) is 45.9 Å². The number of aromatic amines is 1. The Morgan fingerprint density at radius 3 is 2.62 bits per heavy atom. The molecule has 0 saturated carbocycles. The van der Waals surface area contributed by atoms with Crippen LogP contribution in [0.3, 0.4) is 0 Å². The van der Waals surface area contributed by atoms with Gasteiger partial charge in [-0.3, -0.25) is 0 Å². The molecule has 0 aliphatic carbocycles. The normalized spacial score (nSPS) is 17.5. The van der Waals surface area contributed by atoms with E-state index in [9.17, 15) is 8.42 Å². The fourth-order valence-corrected chi connectivity index (χ4v) is 4.70. The van der Waals surface area contributed by atoms with Crippen molar-refractivity contribution in [1.29, 1.82) is 0 Å². The van der Waals surface area contributed by atoms with E-state index in [4.69, 9.17) is 10.3 Å². The van der Waals surface area contributed by atoms with Gasteiger partial charge in [0.15, 0.2) is 0 Å². The molecule has 0 spiro atoms. The van der Waals surface area contributed by atoms with E-state index in [1.165, 1.54) is 4.31 Å². The van der Waals surface area contributed by atoms with E-state index in [-0.39, 0.29) is 16.8 Å². The number of anilines is 1. The van der Waals surface area contributed by atoms with Crippen molar-refractivity contribution in [1.82, 2.24) is 14.4 Å². The molecule has 3 N–H and O–H groups in total. The second kappa shape index (κ2) is 5.64. The third-order valence-corrected chi connectivity index (χ3v) is 6.36. The number of piperidine rings is 1. The molecule has 2 aromatic heterocycles. The smallest absolute Gasteiger partial charge is 0.258 e. The summed E-state index contributed by atoms with van der Waals surface area (Å²) in [6.45, 7) is 0.907. The number of sulfonamides is 1. The van der Waals surface area contributed by atoms with Crippen LogP contribution < -0.4 is 5.73 Å². The van der Waals surface area contributed by atoms with Gasteiger partial charge in [0.2, 0.25) is 5.88 Å². The number of H-pyrrole nitrogens is 1. The summed E-state index contributed by atoms with van der Waals surface area (Å²) in [4.78, 5) is 3.01. The van der Waals surface area contributed by atoms with E-state index in [0.29, 0.717) is 25.9 Å². The van der Waals surface area contributed by atoms with E-state index in [2.05, 4.69) is 10.1 Å². The third-order valence-electron chi connectivity index (χ3n) is 4.54. The number of nitrogens with two attached hydrogens (primary N) is 1. The Morgan fingerprint density at radius 1 is 1.21 bits per heavy atom. The van der Waals surface area contributed by atoms with Gasteiger partial charge in [-0.1, -0.05) is 23.4 Å². The highest BCUT2D eigenvalue weighted by molar-refractivity contribution is 7.89. The van der Waals surface area contributed by atoms with Gasteiger partial charge in [-0.05, 0) is 25.0 Å². The highest BCUT2D eigenvalue weighted by atomic mass is 32.2. The van der Waals surface area contributed by atoms with Crippen LogP contribution >= 0.6 is 0 Å². The average molecular weight is 346 g/mol. The zero-order valence-corrected chi connectivity index (χ0v) is 13.8. The molecule has 0 radical (unpaired) electrons. The first kappa shape index (κ1) is 15.2. The second-order valence-corrected chi connectivity index (χ2v) is 7.96. The Kier molecular flexibility index (Phi) is 3.58. The Hall–Kier alpha value is -2.32. The minimum absolute atomic E-state index is 0.181. The lowest BCUT2D eigenvalue weighted by Gasteiger charge is -2.29. The van der Waals surface area contributed by atoms with Crippen molar-refractivity contribution in [3.05, 3.63) is 42.1 Å². The Bertz CT molecular complexity index is 935. The Balaban J connectivity index is 1.53. The third kappa shape index (κ3) is 2.57. The molecule has 4 rings (SSSR count). The average Bonchev–Trinajstić information content (AvgIpc) is 3.21. The Morgan fingerprint density at radius 2 is 1.96 bits per heavy atom. The molecule has 1 aliphatic rings. The summed E-state index contributed by atoms with van der Waals surface area (Å²) in [7, 11) is -3.52. The standard InChI is InChI=1S/C16H18N4O3S/c17-15-10-14(19-23-15)11-5-7-20(8-6-11)24(21,22)16-9-12-3-1-2-4-13(12)18-16/h1-4,9-11,18H,5-8,17H2. The molecule has 1 aromatic carbocycles. The second-order valence-electron chi connectivity index (χ2n) is 6.05. The van der Waals surface area contributed by atoms with Gasteiger partial charge in [-0.25, -0.2) is 8.42 Å². The van der Waals surface area contributed by atoms with Crippen molar-refractivity contribution in [2.24, 2.45) is 0 Å². The number of nitrogen functional groups attached to an aromatic ring is 1. The molecule has 1 aliphatic heterocycles. The molecule has 3 aromatic rings. The molecule has 0 atom stereocenters. The molecule has 7 nitrogen and oxygen atoms in total. The highest BCUT2D eigenvalue weighted by Gasteiger charge is 2.32. The van der Waals surface area contributed by atoms with E-state index < -0.39 is 10.0 Å². The largest absolute Gasteiger partial charge is 0.368 e. The number of benzene rings is 1.